The van der Waals surface area contributed by atoms with E-state index in [0.29, 0.717) is 16.8 Å². The van der Waals surface area contributed by atoms with Gasteiger partial charge in [0, 0.05) is 38.5 Å². The first-order valence-electron chi connectivity index (χ1n) is 8.10. The van der Waals surface area contributed by atoms with Crippen LogP contribution in [0, 0.1) is 0 Å². The Kier molecular flexibility index (Phi) is 4.84. The zero-order valence-electron chi connectivity index (χ0n) is 14.8. The molecule has 0 aliphatic carbocycles. The van der Waals surface area contributed by atoms with E-state index in [0.717, 1.165) is 11.3 Å². The van der Waals surface area contributed by atoms with Crippen LogP contribution >= 0.6 is 0 Å². The Bertz CT molecular complexity index is 1030. The van der Waals surface area contributed by atoms with E-state index in [9.17, 15) is 9.59 Å². The van der Waals surface area contributed by atoms with Gasteiger partial charge in [-0.05, 0) is 35.9 Å². The molecule has 1 N–H and O–H groups in total. The van der Waals surface area contributed by atoms with Crippen molar-refractivity contribution in [2.45, 2.75) is 6.92 Å². The van der Waals surface area contributed by atoms with Gasteiger partial charge in [-0.25, -0.2) is 9.78 Å². The summed E-state index contributed by atoms with van der Waals surface area (Å²) in [7, 11) is 3.96. The van der Waals surface area contributed by atoms with Crippen molar-refractivity contribution in [3.8, 4) is 0 Å². The standard InChI is InChI=1S/C20H19N3O3/c1-13(24)21-15-7-11-17-19(12-15)26-20(25)18(22-17)10-6-14-4-8-16(9-5-14)23(2)3/h4-12H,1-3H3,(H,21,24)/b10-6+. The quantitative estimate of drug-likeness (QED) is 0.781. The molecule has 3 rings (SSSR count). The summed E-state index contributed by atoms with van der Waals surface area (Å²) >= 11 is 0. The van der Waals surface area contributed by atoms with Gasteiger partial charge in [-0.1, -0.05) is 18.2 Å². The molecule has 0 spiro atoms. The molecule has 1 aromatic heterocycles. The van der Waals surface area contributed by atoms with Gasteiger partial charge in [-0.15, -0.1) is 0 Å². The van der Waals surface area contributed by atoms with E-state index in [1.165, 1.54) is 6.92 Å². The Morgan fingerprint density at radius 3 is 2.50 bits per heavy atom. The first-order valence-corrected chi connectivity index (χ1v) is 8.10. The molecule has 1 amide bonds. The number of aromatic nitrogens is 1. The van der Waals surface area contributed by atoms with E-state index in [2.05, 4.69) is 10.3 Å². The molecule has 0 unspecified atom stereocenters. The van der Waals surface area contributed by atoms with Crippen molar-refractivity contribution < 1.29 is 9.21 Å². The van der Waals surface area contributed by atoms with Gasteiger partial charge < -0.3 is 14.6 Å². The van der Waals surface area contributed by atoms with Crippen LogP contribution in [0.5, 0.6) is 0 Å². The maximum atomic E-state index is 12.2. The van der Waals surface area contributed by atoms with E-state index in [1.54, 1.807) is 24.3 Å². The number of fused-ring (bicyclic) bond motifs is 1. The lowest BCUT2D eigenvalue weighted by Crippen LogP contribution is -2.08. The highest BCUT2D eigenvalue weighted by atomic mass is 16.4. The van der Waals surface area contributed by atoms with E-state index in [4.69, 9.17) is 4.42 Å². The Morgan fingerprint density at radius 2 is 1.85 bits per heavy atom. The van der Waals surface area contributed by atoms with Crippen molar-refractivity contribution in [2.75, 3.05) is 24.3 Å². The molecule has 1 heterocycles. The number of nitrogens with one attached hydrogen (secondary N) is 1. The van der Waals surface area contributed by atoms with Crippen LogP contribution in [0.25, 0.3) is 23.3 Å². The molecular weight excluding hydrogens is 330 g/mol. The molecule has 6 nitrogen and oxygen atoms in total. The fourth-order valence-corrected chi connectivity index (χ4v) is 2.46. The summed E-state index contributed by atoms with van der Waals surface area (Å²) in [6, 6.07) is 12.9. The average molecular weight is 349 g/mol. The fraction of sp³-hybridized carbons (Fsp3) is 0.150. The first-order chi connectivity index (χ1) is 12.4. The number of nitrogens with zero attached hydrogens (tertiary/aromatic N) is 2. The summed E-state index contributed by atoms with van der Waals surface area (Å²) in [6.07, 6.45) is 3.45. The summed E-state index contributed by atoms with van der Waals surface area (Å²) in [5.74, 6) is -0.195. The van der Waals surface area contributed by atoms with Crippen molar-refractivity contribution in [2.24, 2.45) is 0 Å². The number of benzene rings is 2. The summed E-state index contributed by atoms with van der Waals surface area (Å²) in [4.78, 5) is 29.6. The Labute approximate surface area is 150 Å². The van der Waals surface area contributed by atoms with E-state index < -0.39 is 5.63 Å². The lowest BCUT2D eigenvalue weighted by molar-refractivity contribution is -0.114. The van der Waals surface area contributed by atoms with Crippen molar-refractivity contribution in [3.05, 3.63) is 64.1 Å². The second-order valence-electron chi connectivity index (χ2n) is 6.07. The lowest BCUT2D eigenvalue weighted by Gasteiger charge is -2.11. The van der Waals surface area contributed by atoms with Gasteiger partial charge in [0.15, 0.2) is 5.58 Å². The maximum absolute atomic E-state index is 12.2. The SMILES string of the molecule is CC(=O)Nc1ccc2nc(/C=C/c3ccc(N(C)C)cc3)c(=O)oc2c1. The molecule has 0 fully saturated rings. The lowest BCUT2D eigenvalue weighted by atomic mass is 10.2. The van der Waals surface area contributed by atoms with Gasteiger partial charge in [0.2, 0.25) is 5.91 Å². The molecule has 26 heavy (non-hydrogen) atoms. The van der Waals surface area contributed by atoms with Crippen LogP contribution in [0.2, 0.25) is 0 Å². The van der Waals surface area contributed by atoms with Gasteiger partial charge in [0.05, 0.1) is 0 Å². The summed E-state index contributed by atoms with van der Waals surface area (Å²) in [5.41, 5.74) is 3.17. The molecule has 0 bridgehead atoms. The predicted molar refractivity (Wildman–Crippen MR) is 104 cm³/mol. The summed E-state index contributed by atoms with van der Waals surface area (Å²) in [6.45, 7) is 1.41. The largest absolute Gasteiger partial charge is 0.419 e. The highest BCUT2D eigenvalue weighted by Gasteiger charge is 2.06. The van der Waals surface area contributed by atoms with E-state index in [1.807, 2.05) is 49.3 Å². The molecule has 132 valence electrons. The third-order valence-electron chi connectivity index (χ3n) is 3.78. The number of hydrogen-bond donors (Lipinski definition) is 1. The van der Waals surface area contributed by atoms with Crippen molar-refractivity contribution in [1.82, 2.24) is 4.98 Å². The molecule has 0 saturated carbocycles. The van der Waals surface area contributed by atoms with Crippen LogP contribution in [0.4, 0.5) is 11.4 Å². The van der Waals surface area contributed by atoms with Crippen molar-refractivity contribution in [1.29, 1.82) is 0 Å². The normalized spacial score (nSPS) is 11.0. The Morgan fingerprint density at radius 1 is 1.12 bits per heavy atom. The monoisotopic (exact) mass is 349 g/mol. The van der Waals surface area contributed by atoms with Crippen molar-refractivity contribution >= 4 is 40.5 Å². The second kappa shape index (κ2) is 7.23. The van der Waals surface area contributed by atoms with Crippen molar-refractivity contribution in [3.63, 3.8) is 0 Å². The van der Waals surface area contributed by atoms with Crippen LogP contribution in [0.3, 0.4) is 0 Å². The van der Waals surface area contributed by atoms with Gasteiger partial charge >= 0.3 is 5.63 Å². The number of anilines is 2. The average Bonchev–Trinajstić information content (AvgIpc) is 2.59. The second-order valence-corrected chi connectivity index (χ2v) is 6.07. The molecule has 0 atom stereocenters. The number of carbonyl (C=O) groups excluding carboxylic acids is 1. The molecular formula is C20H19N3O3. The third-order valence-corrected chi connectivity index (χ3v) is 3.78. The Balaban J connectivity index is 1.89. The molecule has 0 aliphatic rings. The zero-order valence-corrected chi connectivity index (χ0v) is 14.8. The van der Waals surface area contributed by atoms with Crippen LogP contribution in [-0.2, 0) is 4.79 Å². The van der Waals surface area contributed by atoms with Crippen LogP contribution in [0.1, 0.15) is 18.2 Å². The molecule has 6 heteroatoms. The zero-order chi connectivity index (χ0) is 18.7. The maximum Gasteiger partial charge on any atom is 0.362 e. The van der Waals surface area contributed by atoms with Gasteiger partial charge in [-0.3, -0.25) is 4.79 Å². The van der Waals surface area contributed by atoms with Crippen LogP contribution in [0.15, 0.2) is 51.7 Å². The minimum Gasteiger partial charge on any atom is -0.419 e. The molecule has 0 radical (unpaired) electrons. The van der Waals surface area contributed by atoms with Gasteiger partial charge in [-0.2, -0.15) is 0 Å². The van der Waals surface area contributed by atoms with E-state index in [-0.39, 0.29) is 11.6 Å². The summed E-state index contributed by atoms with van der Waals surface area (Å²) < 4.78 is 5.33. The minimum absolute atomic E-state index is 0.195. The van der Waals surface area contributed by atoms with Crippen LogP contribution in [-0.4, -0.2) is 25.0 Å². The number of carbonyl (C=O) groups is 1. The number of hydrogen-bond acceptors (Lipinski definition) is 5. The topological polar surface area (TPSA) is 75.4 Å². The molecule has 3 aromatic rings. The highest BCUT2D eigenvalue weighted by molar-refractivity contribution is 5.91. The highest BCUT2D eigenvalue weighted by Crippen LogP contribution is 2.18. The molecule has 2 aromatic carbocycles. The van der Waals surface area contributed by atoms with E-state index >= 15 is 0 Å². The Hall–Kier alpha value is -3.41. The minimum atomic E-state index is -0.529. The van der Waals surface area contributed by atoms with Crippen LogP contribution < -0.4 is 15.8 Å². The van der Waals surface area contributed by atoms with Gasteiger partial charge in [0.1, 0.15) is 11.2 Å². The predicted octanol–water partition coefficient (Wildman–Crippen LogP) is 3.38. The smallest absolute Gasteiger partial charge is 0.362 e. The molecule has 0 aliphatic heterocycles. The molecule has 0 saturated heterocycles. The number of rotatable bonds is 4. The number of amides is 1. The first kappa shape index (κ1) is 17.4. The third kappa shape index (κ3) is 3.97. The summed E-state index contributed by atoms with van der Waals surface area (Å²) in [5, 5.41) is 2.64. The van der Waals surface area contributed by atoms with Gasteiger partial charge in [0.25, 0.3) is 0 Å². The fourth-order valence-electron chi connectivity index (χ4n) is 2.46.